The Bertz CT molecular complexity index is 509. The van der Waals surface area contributed by atoms with Crippen LogP contribution in [0.4, 0.5) is 0 Å². The molecule has 2 atom stereocenters. The second-order valence-electron chi connectivity index (χ2n) is 5.18. The van der Waals surface area contributed by atoms with Crippen LogP contribution in [-0.2, 0) is 37.6 Å². The fourth-order valence-corrected chi connectivity index (χ4v) is 4.38. The maximum atomic E-state index is 11.8. The Labute approximate surface area is 132 Å². The summed E-state index contributed by atoms with van der Waals surface area (Å²) in [7, 11) is -3.92. The summed E-state index contributed by atoms with van der Waals surface area (Å²) in [5.74, 6) is -4.40. The van der Waals surface area contributed by atoms with Crippen molar-refractivity contribution in [2.45, 2.75) is 51.6 Å². The van der Waals surface area contributed by atoms with Gasteiger partial charge in [-0.2, -0.15) is 0 Å². The van der Waals surface area contributed by atoms with Crippen LogP contribution in [0.15, 0.2) is 0 Å². The van der Waals surface area contributed by atoms with Gasteiger partial charge in [-0.1, -0.05) is 17.9 Å². The van der Waals surface area contributed by atoms with E-state index in [0.29, 0.717) is 12.8 Å². The van der Waals surface area contributed by atoms with E-state index in [2.05, 4.69) is 15.4 Å². The van der Waals surface area contributed by atoms with Crippen molar-refractivity contribution in [2.75, 3.05) is 0 Å². The molecule has 1 unspecified atom stereocenters. The van der Waals surface area contributed by atoms with Crippen LogP contribution in [0, 0.1) is 0 Å². The summed E-state index contributed by atoms with van der Waals surface area (Å²) in [5.41, 5.74) is 2.51. The van der Waals surface area contributed by atoms with Crippen molar-refractivity contribution in [3.63, 3.8) is 0 Å². The molecule has 1 heterocycles. The third-order valence-corrected chi connectivity index (χ3v) is 5.31. The molecule has 23 heavy (non-hydrogen) atoms. The van der Waals surface area contributed by atoms with E-state index in [1.54, 1.807) is 0 Å². The highest BCUT2D eigenvalue weighted by Gasteiger charge is 2.59. The van der Waals surface area contributed by atoms with Gasteiger partial charge >= 0.3 is 32.0 Å². The normalized spacial score (nSPS) is 27.2. The molecule has 0 spiro atoms. The zero-order valence-electron chi connectivity index (χ0n) is 12.7. The molecule has 2 aliphatic rings. The Balaban J connectivity index is 2.36. The maximum absolute atomic E-state index is 11.8. The van der Waals surface area contributed by atoms with E-state index in [4.69, 9.17) is 13.6 Å². The monoisotopic (exact) mass is 349 g/mol. The van der Waals surface area contributed by atoms with Crippen LogP contribution in [-0.4, -0.2) is 36.0 Å². The van der Waals surface area contributed by atoms with Gasteiger partial charge in [-0.3, -0.25) is 0 Å². The van der Waals surface area contributed by atoms with Gasteiger partial charge in [-0.25, -0.2) is 32.7 Å². The molecule has 2 rings (SSSR count). The number of carbonyl (C=O) groups excluding carboxylic acids is 4. The van der Waals surface area contributed by atoms with Crippen molar-refractivity contribution in [3.8, 4) is 0 Å². The van der Waals surface area contributed by atoms with Crippen LogP contribution in [0.5, 0.6) is 0 Å². The van der Waals surface area contributed by atoms with Crippen LogP contribution in [0.25, 0.3) is 0 Å². The molecule has 1 saturated heterocycles. The largest absolute Gasteiger partial charge is 0.648 e. The van der Waals surface area contributed by atoms with E-state index in [1.807, 2.05) is 0 Å². The molecule has 1 aliphatic carbocycles. The molecule has 2 N–H and O–H groups in total. The Kier molecular flexibility index (Phi) is 5.51. The number of nitrogens with one attached hydrogen (secondary N) is 2. The minimum atomic E-state index is -3.92. The topological polar surface area (TPSA) is 129 Å². The number of carbonyl (C=O) groups is 4. The van der Waals surface area contributed by atoms with Gasteiger partial charge < -0.3 is 4.84 Å². The van der Waals surface area contributed by atoms with Gasteiger partial charge in [0.15, 0.2) is 0 Å². The molecule has 0 radical (unpaired) electrons. The van der Waals surface area contributed by atoms with E-state index < -0.39 is 32.0 Å². The molecule has 11 heteroatoms. The van der Waals surface area contributed by atoms with Gasteiger partial charge in [0.1, 0.15) is 0 Å². The highest BCUT2D eigenvalue weighted by Crippen LogP contribution is 2.60. The summed E-state index contributed by atoms with van der Waals surface area (Å²) in [5, 5.41) is 2.81. The third-order valence-electron chi connectivity index (χ3n) is 3.26. The van der Waals surface area contributed by atoms with Crippen LogP contribution in [0.2, 0.25) is 0 Å². The fourth-order valence-electron chi connectivity index (χ4n) is 2.42. The number of hydroxylamine groups is 1. The van der Waals surface area contributed by atoms with Gasteiger partial charge in [0.2, 0.25) is 0 Å². The van der Waals surface area contributed by atoms with E-state index >= 15 is 0 Å². The fraction of sp³-hybridized carbons (Fsp3) is 0.667. The van der Waals surface area contributed by atoms with E-state index in [9.17, 15) is 19.2 Å². The minimum Gasteiger partial charge on any atom is -0.361 e. The standard InChI is InChI=1S/C12H18N2O8P/c1-7(15)20-23(21-8(2)16)14-10-6-4-3-5-9(10)13-19-11(17)12(18)22-23/h9-10,13-14H,3-6H2,1-2H3/q+1/t9?,10-/m0/s1. The molecule has 0 bridgehead atoms. The van der Waals surface area contributed by atoms with Crippen molar-refractivity contribution >= 4 is 32.0 Å². The van der Waals surface area contributed by atoms with Crippen molar-refractivity contribution < 1.29 is 37.6 Å². The molecule has 0 amide bonds. The van der Waals surface area contributed by atoms with Gasteiger partial charge in [0, 0.05) is 13.8 Å². The Morgan fingerprint density at radius 3 is 2.17 bits per heavy atom. The Hall–Kier alpha value is -1.77. The highest BCUT2D eigenvalue weighted by molar-refractivity contribution is 7.61. The van der Waals surface area contributed by atoms with Gasteiger partial charge in [-0.05, 0) is 12.8 Å². The number of rotatable bonds is 2. The molecule has 0 aromatic rings. The SMILES string of the molecule is CC(=O)O[P+]1(OC(C)=O)N[C@H]2CCCCC2NOC(=O)C(=O)O1. The quantitative estimate of drug-likeness (QED) is 0.530. The zero-order valence-corrected chi connectivity index (χ0v) is 13.6. The van der Waals surface area contributed by atoms with Crippen LogP contribution >= 0.6 is 8.09 Å². The van der Waals surface area contributed by atoms with E-state index in [-0.39, 0.29) is 12.1 Å². The van der Waals surface area contributed by atoms with Gasteiger partial charge in [0.25, 0.3) is 0 Å². The van der Waals surface area contributed by atoms with Gasteiger partial charge in [0.05, 0.1) is 12.1 Å². The predicted octanol–water partition coefficient (Wildman–Crippen LogP) is 0.296. The predicted molar refractivity (Wildman–Crippen MR) is 75.0 cm³/mol. The lowest BCUT2D eigenvalue weighted by Gasteiger charge is -2.30. The van der Waals surface area contributed by atoms with Crippen LogP contribution in [0.3, 0.4) is 0 Å². The van der Waals surface area contributed by atoms with Crippen molar-refractivity contribution in [3.05, 3.63) is 0 Å². The molecule has 0 aromatic heterocycles. The molecule has 128 valence electrons. The van der Waals surface area contributed by atoms with E-state index in [0.717, 1.165) is 26.7 Å². The summed E-state index contributed by atoms with van der Waals surface area (Å²) >= 11 is 0. The lowest BCUT2D eigenvalue weighted by molar-refractivity contribution is -0.169. The second kappa shape index (κ2) is 7.20. The Morgan fingerprint density at radius 2 is 1.61 bits per heavy atom. The molecular formula is C12H18N2O8P+. The molecule has 1 saturated carbocycles. The first-order valence-electron chi connectivity index (χ1n) is 7.09. The minimum absolute atomic E-state index is 0.340. The average molecular weight is 349 g/mol. The molecule has 0 aromatic carbocycles. The summed E-state index contributed by atoms with van der Waals surface area (Å²) in [6.45, 7) is 2.14. The maximum Gasteiger partial charge on any atom is 0.648 e. The van der Waals surface area contributed by atoms with E-state index in [1.165, 1.54) is 0 Å². The molecule has 10 nitrogen and oxygen atoms in total. The lowest BCUT2D eigenvalue weighted by atomic mass is 9.92. The third kappa shape index (κ3) is 4.60. The number of hydrogen-bond donors (Lipinski definition) is 2. The van der Waals surface area contributed by atoms with Crippen LogP contribution in [0.1, 0.15) is 39.5 Å². The summed E-state index contributed by atoms with van der Waals surface area (Å²) < 4.78 is 14.9. The highest BCUT2D eigenvalue weighted by atomic mass is 31.2. The lowest BCUT2D eigenvalue weighted by Crippen LogP contribution is -2.49. The van der Waals surface area contributed by atoms with Crippen molar-refractivity contribution in [1.82, 2.24) is 10.6 Å². The second-order valence-corrected chi connectivity index (χ2v) is 6.98. The summed E-state index contributed by atoms with van der Waals surface area (Å²) in [6.07, 6.45) is 3.02. The Morgan fingerprint density at radius 1 is 1.04 bits per heavy atom. The molecule has 1 aliphatic heterocycles. The first-order valence-corrected chi connectivity index (χ1v) is 8.63. The average Bonchev–Trinajstić information content (AvgIpc) is 2.47. The smallest absolute Gasteiger partial charge is 0.361 e. The van der Waals surface area contributed by atoms with Crippen molar-refractivity contribution in [2.24, 2.45) is 0 Å². The van der Waals surface area contributed by atoms with Crippen molar-refractivity contribution in [1.29, 1.82) is 0 Å². The van der Waals surface area contributed by atoms with Crippen LogP contribution < -0.4 is 10.6 Å². The first-order chi connectivity index (χ1) is 10.8. The number of hydrogen-bond acceptors (Lipinski definition) is 10. The number of fused-ring (bicyclic) bond motifs is 1. The first kappa shape index (κ1) is 17.6. The molecular weight excluding hydrogens is 331 g/mol. The summed E-state index contributed by atoms with van der Waals surface area (Å²) in [6, 6.07) is -0.720. The van der Waals surface area contributed by atoms with Gasteiger partial charge in [-0.15, -0.1) is 5.48 Å². The molecule has 2 fully saturated rings. The zero-order chi connectivity index (χ0) is 17.0. The summed E-state index contributed by atoms with van der Waals surface area (Å²) in [4.78, 5) is 50.8.